The van der Waals surface area contributed by atoms with Crippen LogP contribution >= 0.6 is 0 Å². The number of hydrogen-bond acceptors (Lipinski definition) is 5. The molecule has 0 unspecified atom stereocenters. The van der Waals surface area contributed by atoms with E-state index in [9.17, 15) is 31.1 Å². The van der Waals surface area contributed by atoms with E-state index in [0.29, 0.717) is 12.4 Å². The van der Waals surface area contributed by atoms with Crippen LogP contribution in [-0.2, 0) is 12.6 Å². The number of halogens is 6. The molecule has 6 nitrogen and oxygen atoms in total. The molecule has 1 aromatic carbocycles. The first-order valence-corrected chi connectivity index (χ1v) is 10.2. The first kappa shape index (κ1) is 23.6. The quantitative estimate of drug-likeness (QED) is 0.499. The smallest absolute Gasteiger partial charge is 0.329 e. The SMILES string of the molecule is O=C(c1cccc(F)c1-c1ncccn1)N1CCC(F)(F)[C@H]1CCc1ncc(C(F)(F)F)cn1. The third kappa shape index (κ3) is 4.70. The number of rotatable bonds is 5. The molecular formula is C22H17F6N5O. The van der Waals surface area contributed by atoms with E-state index in [1.165, 1.54) is 30.6 Å². The first-order valence-electron chi connectivity index (χ1n) is 10.2. The molecule has 3 aromatic rings. The van der Waals surface area contributed by atoms with Crippen LogP contribution in [0.1, 0.15) is 34.6 Å². The van der Waals surface area contributed by atoms with Gasteiger partial charge in [-0.1, -0.05) is 6.07 Å². The Balaban J connectivity index is 1.58. The molecule has 12 heteroatoms. The van der Waals surface area contributed by atoms with Crippen LogP contribution in [0.15, 0.2) is 49.1 Å². The van der Waals surface area contributed by atoms with Gasteiger partial charge < -0.3 is 4.90 Å². The lowest BCUT2D eigenvalue weighted by Crippen LogP contribution is -2.43. The summed E-state index contributed by atoms with van der Waals surface area (Å²) in [6, 6.07) is 3.64. The molecule has 0 bridgehead atoms. The molecule has 1 aliphatic rings. The normalized spacial score (nSPS) is 17.7. The highest BCUT2D eigenvalue weighted by molar-refractivity contribution is 6.00. The van der Waals surface area contributed by atoms with Gasteiger partial charge >= 0.3 is 6.18 Å². The number of likely N-dealkylation sites (tertiary alicyclic amines) is 1. The Morgan fingerprint density at radius 2 is 1.74 bits per heavy atom. The molecule has 3 heterocycles. The number of alkyl halides is 5. The van der Waals surface area contributed by atoms with E-state index < -0.39 is 41.8 Å². The predicted molar refractivity (Wildman–Crippen MR) is 107 cm³/mol. The van der Waals surface area contributed by atoms with Crippen LogP contribution in [0.25, 0.3) is 11.4 Å². The number of nitrogens with zero attached hydrogens (tertiary/aromatic N) is 5. The van der Waals surface area contributed by atoms with E-state index in [2.05, 4.69) is 19.9 Å². The van der Waals surface area contributed by atoms with Crippen LogP contribution in [0.2, 0.25) is 0 Å². The molecule has 0 aliphatic carbocycles. The van der Waals surface area contributed by atoms with Gasteiger partial charge in [0.2, 0.25) is 0 Å². The summed E-state index contributed by atoms with van der Waals surface area (Å²) in [5.74, 6) is -4.98. The first-order chi connectivity index (χ1) is 16.1. The van der Waals surface area contributed by atoms with Gasteiger partial charge in [0.25, 0.3) is 11.8 Å². The number of aromatic nitrogens is 4. The van der Waals surface area contributed by atoms with E-state index in [-0.39, 0.29) is 42.2 Å². The van der Waals surface area contributed by atoms with Crippen LogP contribution in [0, 0.1) is 5.82 Å². The molecule has 2 aromatic heterocycles. The number of carbonyl (C=O) groups is 1. The Labute approximate surface area is 189 Å². The molecule has 0 saturated carbocycles. The molecule has 34 heavy (non-hydrogen) atoms. The van der Waals surface area contributed by atoms with Gasteiger partial charge in [0.1, 0.15) is 11.6 Å². The Kier molecular flexibility index (Phi) is 6.24. The molecule has 1 amide bonds. The minimum atomic E-state index is -4.62. The molecule has 1 fully saturated rings. The van der Waals surface area contributed by atoms with Gasteiger partial charge in [0, 0.05) is 44.2 Å². The van der Waals surface area contributed by atoms with Crippen LogP contribution < -0.4 is 0 Å². The van der Waals surface area contributed by atoms with E-state index >= 15 is 0 Å². The van der Waals surface area contributed by atoms with Crippen molar-refractivity contribution >= 4 is 5.91 Å². The van der Waals surface area contributed by atoms with E-state index in [4.69, 9.17) is 0 Å². The van der Waals surface area contributed by atoms with E-state index in [1.54, 1.807) is 0 Å². The number of amides is 1. The second-order valence-electron chi connectivity index (χ2n) is 7.68. The highest BCUT2D eigenvalue weighted by Crippen LogP contribution is 2.38. The van der Waals surface area contributed by atoms with Crippen molar-refractivity contribution in [2.75, 3.05) is 6.54 Å². The summed E-state index contributed by atoms with van der Waals surface area (Å²) in [5.41, 5.74) is -1.42. The summed E-state index contributed by atoms with van der Waals surface area (Å²) in [4.78, 5) is 29.3. The average Bonchev–Trinajstić information content (AvgIpc) is 3.11. The predicted octanol–water partition coefficient (Wildman–Crippen LogP) is 4.57. The van der Waals surface area contributed by atoms with Crippen LogP contribution in [-0.4, -0.2) is 49.3 Å². The summed E-state index contributed by atoms with van der Waals surface area (Å²) in [6.45, 7) is -0.282. The van der Waals surface area contributed by atoms with Crippen molar-refractivity contribution in [3.05, 3.63) is 71.8 Å². The molecule has 0 N–H and O–H groups in total. The minimum Gasteiger partial charge on any atom is -0.329 e. The number of carbonyl (C=O) groups excluding carboxylic acids is 1. The molecule has 0 radical (unpaired) electrons. The van der Waals surface area contributed by atoms with E-state index in [0.717, 1.165) is 11.0 Å². The lowest BCUT2D eigenvalue weighted by Gasteiger charge is -2.28. The Hall–Kier alpha value is -3.57. The lowest BCUT2D eigenvalue weighted by atomic mass is 10.0. The standard InChI is InChI=1S/C22H17F6N5O/c23-15-4-1-3-14(18(15)19-29-8-2-9-30-19)20(34)33-10-7-21(24,25)16(33)5-6-17-31-11-13(12-32-17)22(26,27)28/h1-4,8-9,11-12,16H,5-7,10H2/t16-/m1/s1. The van der Waals surface area contributed by atoms with Gasteiger partial charge in [-0.05, 0) is 24.6 Å². The van der Waals surface area contributed by atoms with E-state index in [1.807, 2.05) is 0 Å². The zero-order chi connectivity index (χ0) is 24.5. The zero-order valence-electron chi connectivity index (χ0n) is 17.4. The van der Waals surface area contributed by atoms with Gasteiger partial charge in [0.15, 0.2) is 5.82 Å². The molecule has 1 saturated heterocycles. The Morgan fingerprint density at radius 3 is 2.38 bits per heavy atom. The number of benzene rings is 1. The lowest BCUT2D eigenvalue weighted by molar-refractivity contribution is -0.138. The number of hydrogen-bond donors (Lipinski definition) is 0. The van der Waals surface area contributed by atoms with Crippen molar-refractivity contribution in [2.24, 2.45) is 0 Å². The van der Waals surface area contributed by atoms with Crippen molar-refractivity contribution in [3.8, 4) is 11.4 Å². The second kappa shape index (κ2) is 8.99. The van der Waals surface area contributed by atoms with Crippen molar-refractivity contribution < 1.29 is 31.1 Å². The molecule has 4 rings (SSSR count). The third-order valence-corrected chi connectivity index (χ3v) is 5.52. The molecular weight excluding hydrogens is 464 g/mol. The maximum absolute atomic E-state index is 14.7. The fourth-order valence-corrected chi connectivity index (χ4v) is 3.84. The number of aryl methyl sites for hydroxylation is 1. The Morgan fingerprint density at radius 1 is 1.06 bits per heavy atom. The van der Waals surface area contributed by atoms with Gasteiger partial charge in [-0.15, -0.1) is 0 Å². The third-order valence-electron chi connectivity index (χ3n) is 5.52. The molecule has 178 valence electrons. The fourth-order valence-electron chi connectivity index (χ4n) is 3.84. The maximum Gasteiger partial charge on any atom is 0.419 e. The monoisotopic (exact) mass is 481 g/mol. The molecule has 1 atom stereocenters. The molecule has 0 spiro atoms. The summed E-state index contributed by atoms with van der Waals surface area (Å²) >= 11 is 0. The fraction of sp³-hybridized carbons (Fsp3) is 0.318. The van der Waals surface area contributed by atoms with Crippen molar-refractivity contribution in [1.29, 1.82) is 0 Å². The van der Waals surface area contributed by atoms with Gasteiger partial charge in [-0.25, -0.2) is 33.1 Å². The van der Waals surface area contributed by atoms with Crippen molar-refractivity contribution in [1.82, 2.24) is 24.8 Å². The van der Waals surface area contributed by atoms with Crippen LogP contribution in [0.5, 0.6) is 0 Å². The van der Waals surface area contributed by atoms with Crippen LogP contribution in [0.3, 0.4) is 0 Å². The maximum atomic E-state index is 14.7. The van der Waals surface area contributed by atoms with Gasteiger partial charge in [0.05, 0.1) is 22.7 Å². The van der Waals surface area contributed by atoms with Crippen LogP contribution in [0.4, 0.5) is 26.3 Å². The summed E-state index contributed by atoms with van der Waals surface area (Å²) in [6.07, 6.45) is -1.82. The summed E-state index contributed by atoms with van der Waals surface area (Å²) in [5, 5.41) is 0. The largest absolute Gasteiger partial charge is 0.419 e. The Bertz CT molecular complexity index is 1170. The van der Waals surface area contributed by atoms with Crippen molar-refractivity contribution in [2.45, 2.75) is 37.4 Å². The minimum absolute atomic E-state index is 0.0628. The summed E-state index contributed by atoms with van der Waals surface area (Å²) < 4.78 is 82.0. The second-order valence-corrected chi connectivity index (χ2v) is 7.68. The topological polar surface area (TPSA) is 71.9 Å². The zero-order valence-corrected chi connectivity index (χ0v) is 17.4. The van der Waals surface area contributed by atoms with Gasteiger partial charge in [-0.2, -0.15) is 13.2 Å². The highest BCUT2D eigenvalue weighted by Gasteiger charge is 2.50. The molecule has 1 aliphatic heterocycles. The van der Waals surface area contributed by atoms with Crippen molar-refractivity contribution in [3.63, 3.8) is 0 Å². The van der Waals surface area contributed by atoms with Gasteiger partial charge in [-0.3, -0.25) is 4.79 Å². The highest BCUT2D eigenvalue weighted by atomic mass is 19.4. The summed E-state index contributed by atoms with van der Waals surface area (Å²) in [7, 11) is 0. The average molecular weight is 481 g/mol.